The Balaban J connectivity index is 2.14. The monoisotopic (exact) mass is 368 g/mol. The normalized spacial score (nSPS) is 12.5. The summed E-state index contributed by atoms with van der Waals surface area (Å²) in [5.41, 5.74) is -1.27. The molecule has 3 aromatic rings. The van der Waals surface area contributed by atoms with Crippen molar-refractivity contribution in [3.8, 4) is 0 Å². The maximum atomic E-state index is 12.8. The van der Waals surface area contributed by atoms with Crippen molar-refractivity contribution >= 4 is 26.5 Å². The van der Waals surface area contributed by atoms with Crippen molar-refractivity contribution < 1.29 is 26.4 Å². The summed E-state index contributed by atoms with van der Waals surface area (Å²) >= 11 is 0. The van der Waals surface area contributed by atoms with Crippen LogP contribution in [0.4, 0.5) is 13.2 Å². The average Bonchev–Trinajstić information content (AvgIpc) is 2.96. The van der Waals surface area contributed by atoms with Gasteiger partial charge in [0.1, 0.15) is 11.4 Å². The number of halogens is 3. The number of pyridine rings is 1. The Bertz CT molecular complexity index is 1090. The summed E-state index contributed by atoms with van der Waals surface area (Å²) in [6.45, 7) is 0. The van der Waals surface area contributed by atoms with Gasteiger partial charge in [0.15, 0.2) is 9.84 Å². The Kier molecular flexibility index (Phi) is 3.91. The number of hydrogen-bond donors (Lipinski definition) is 1. The minimum Gasteiger partial charge on any atom is -0.359 e. The number of alkyl halides is 3. The van der Waals surface area contributed by atoms with Gasteiger partial charge in [0.25, 0.3) is 0 Å². The lowest BCUT2D eigenvalue weighted by Gasteiger charge is -2.07. The van der Waals surface area contributed by atoms with E-state index >= 15 is 0 Å². The zero-order valence-electron chi connectivity index (χ0n) is 12.8. The molecular formula is C16H11F3N2O3S. The second kappa shape index (κ2) is 5.69. The molecule has 9 heteroatoms. The Hall–Kier alpha value is -2.68. The molecular weight excluding hydrogens is 357 g/mol. The summed E-state index contributed by atoms with van der Waals surface area (Å²) < 4.78 is 61.9. The number of fused-ring (bicyclic) bond motifs is 1. The summed E-state index contributed by atoms with van der Waals surface area (Å²) in [4.78, 5) is 18.6. The highest BCUT2D eigenvalue weighted by Crippen LogP contribution is 2.29. The van der Waals surface area contributed by atoms with E-state index in [1.807, 2.05) is 0 Å². The van der Waals surface area contributed by atoms with Crippen LogP contribution in [0.3, 0.4) is 0 Å². The largest absolute Gasteiger partial charge is 0.433 e. The van der Waals surface area contributed by atoms with Gasteiger partial charge in [0, 0.05) is 23.4 Å². The number of benzene rings is 1. The van der Waals surface area contributed by atoms with Crippen LogP contribution >= 0.6 is 0 Å². The van der Waals surface area contributed by atoms with Gasteiger partial charge in [0.05, 0.1) is 10.4 Å². The molecule has 0 aliphatic rings. The zero-order chi connectivity index (χ0) is 18.4. The number of nitrogens with zero attached hydrogens (tertiary/aromatic N) is 1. The first-order valence-corrected chi connectivity index (χ1v) is 8.87. The van der Waals surface area contributed by atoms with Gasteiger partial charge in [-0.15, -0.1) is 0 Å². The highest BCUT2D eigenvalue weighted by Gasteiger charge is 2.33. The fraction of sp³-hybridized carbons (Fsp3) is 0.125. The average molecular weight is 368 g/mol. The number of sulfone groups is 1. The quantitative estimate of drug-likeness (QED) is 0.720. The van der Waals surface area contributed by atoms with Gasteiger partial charge >= 0.3 is 6.18 Å². The van der Waals surface area contributed by atoms with E-state index in [9.17, 15) is 26.4 Å². The summed E-state index contributed by atoms with van der Waals surface area (Å²) in [5, 5.41) is 0.298. The molecule has 0 spiro atoms. The van der Waals surface area contributed by atoms with Crippen molar-refractivity contribution in [3.05, 3.63) is 59.5 Å². The van der Waals surface area contributed by atoms with E-state index in [1.165, 1.54) is 30.5 Å². The molecule has 0 bridgehead atoms. The van der Waals surface area contributed by atoms with Crippen LogP contribution in [0.25, 0.3) is 10.9 Å². The lowest BCUT2D eigenvalue weighted by atomic mass is 10.1. The number of nitrogens with one attached hydrogen (secondary N) is 1. The third kappa shape index (κ3) is 3.14. The lowest BCUT2D eigenvalue weighted by Crippen LogP contribution is -2.12. The van der Waals surface area contributed by atoms with Crippen LogP contribution in [-0.4, -0.2) is 30.4 Å². The number of para-hydroxylation sites is 1. The van der Waals surface area contributed by atoms with Gasteiger partial charge < -0.3 is 4.98 Å². The van der Waals surface area contributed by atoms with E-state index in [1.54, 1.807) is 0 Å². The van der Waals surface area contributed by atoms with Crippen LogP contribution in [-0.2, 0) is 16.0 Å². The number of aromatic nitrogens is 2. The molecule has 1 N–H and O–H groups in total. The summed E-state index contributed by atoms with van der Waals surface area (Å²) in [6, 6.07) is 7.40. The predicted octanol–water partition coefficient (Wildman–Crippen LogP) is 3.22. The molecule has 0 saturated heterocycles. The Morgan fingerprint density at radius 2 is 1.80 bits per heavy atom. The van der Waals surface area contributed by atoms with Gasteiger partial charge in [-0.05, 0) is 18.2 Å². The summed E-state index contributed by atoms with van der Waals surface area (Å²) in [6.07, 6.45) is -2.37. The molecule has 2 aromatic heterocycles. The van der Waals surface area contributed by atoms with E-state index in [-0.39, 0.29) is 21.7 Å². The minimum atomic E-state index is -4.67. The fourth-order valence-electron chi connectivity index (χ4n) is 2.48. The van der Waals surface area contributed by atoms with E-state index in [4.69, 9.17) is 0 Å². The molecule has 25 heavy (non-hydrogen) atoms. The molecule has 0 saturated carbocycles. The van der Waals surface area contributed by atoms with Crippen molar-refractivity contribution in [2.45, 2.75) is 11.1 Å². The van der Waals surface area contributed by atoms with Gasteiger partial charge in [-0.1, -0.05) is 18.2 Å². The SMILES string of the molecule is CS(=O)(=O)c1cccc2c(C(=O)c3cccc(C(F)(F)F)n3)c[nH]c12. The van der Waals surface area contributed by atoms with Crippen LogP contribution in [0, 0.1) is 0 Å². The third-order valence-electron chi connectivity index (χ3n) is 3.59. The Morgan fingerprint density at radius 3 is 2.44 bits per heavy atom. The number of carbonyl (C=O) groups is 1. The topological polar surface area (TPSA) is 79.9 Å². The number of rotatable bonds is 3. The third-order valence-corrected chi connectivity index (χ3v) is 4.73. The van der Waals surface area contributed by atoms with Crippen LogP contribution in [0.15, 0.2) is 47.5 Å². The number of H-pyrrole nitrogens is 1. The molecule has 0 fully saturated rings. The molecule has 0 aliphatic heterocycles. The first kappa shape index (κ1) is 17.2. The highest BCUT2D eigenvalue weighted by molar-refractivity contribution is 7.91. The fourth-order valence-corrected chi connectivity index (χ4v) is 3.35. The molecule has 0 amide bonds. The Morgan fingerprint density at radius 1 is 1.12 bits per heavy atom. The first-order valence-electron chi connectivity index (χ1n) is 6.98. The second-order valence-corrected chi connectivity index (χ2v) is 7.37. The van der Waals surface area contributed by atoms with Crippen molar-refractivity contribution in [3.63, 3.8) is 0 Å². The summed E-state index contributed by atoms with van der Waals surface area (Å²) in [5.74, 6) is -0.733. The molecule has 0 atom stereocenters. The zero-order valence-corrected chi connectivity index (χ0v) is 13.6. The van der Waals surface area contributed by atoms with E-state index in [0.717, 1.165) is 18.4 Å². The maximum Gasteiger partial charge on any atom is 0.433 e. The minimum absolute atomic E-state index is 0.000974. The first-order chi connectivity index (χ1) is 11.6. The molecule has 1 aromatic carbocycles. The van der Waals surface area contributed by atoms with E-state index in [2.05, 4.69) is 9.97 Å². The van der Waals surface area contributed by atoms with Crippen molar-refractivity contribution in [1.29, 1.82) is 0 Å². The van der Waals surface area contributed by atoms with Crippen LogP contribution in [0.1, 0.15) is 21.7 Å². The summed E-state index contributed by atoms with van der Waals surface area (Å²) in [7, 11) is -3.54. The lowest BCUT2D eigenvalue weighted by molar-refractivity contribution is -0.141. The van der Waals surface area contributed by atoms with Crippen molar-refractivity contribution in [2.75, 3.05) is 6.26 Å². The molecule has 2 heterocycles. The molecule has 3 rings (SSSR count). The molecule has 130 valence electrons. The van der Waals surface area contributed by atoms with Gasteiger partial charge in [0.2, 0.25) is 5.78 Å². The molecule has 0 unspecified atom stereocenters. The van der Waals surface area contributed by atoms with Gasteiger partial charge in [-0.2, -0.15) is 13.2 Å². The number of hydrogen-bond acceptors (Lipinski definition) is 4. The van der Waals surface area contributed by atoms with E-state index < -0.39 is 27.5 Å². The maximum absolute atomic E-state index is 12.8. The predicted molar refractivity (Wildman–Crippen MR) is 84.1 cm³/mol. The number of carbonyl (C=O) groups excluding carboxylic acids is 1. The van der Waals surface area contributed by atoms with E-state index in [0.29, 0.717) is 5.39 Å². The van der Waals surface area contributed by atoms with Crippen molar-refractivity contribution in [1.82, 2.24) is 9.97 Å². The standard InChI is InChI=1S/C16H11F3N2O3S/c1-25(23,24)12-6-2-4-9-10(8-20-14(9)12)15(22)11-5-3-7-13(21-11)16(17,18)19/h2-8,20H,1H3. The smallest absolute Gasteiger partial charge is 0.359 e. The van der Waals surface area contributed by atoms with Gasteiger partial charge in [-0.3, -0.25) is 4.79 Å². The van der Waals surface area contributed by atoms with Crippen LogP contribution in [0.2, 0.25) is 0 Å². The van der Waals surface area contributed by atoms with Crippen molar-refractivity contribution in [2.24, 2.45) is 0 Å². The van der Waals surface area contributed by atoms with Crippen LogP contribution in [0.5, 0.6) is 0 Å². The Labute approximate surface area is 140 Å². The molecule has 5 nitrogen and oxygen atoms in total. The highest BCUT2D eigenvalue weighted by atomic mass is 32.2. The number of ketones is 1. The van der Waals surface area contributed by atoms with Gasteiger partial charge in [-0.25, -0.2) is 13.4 Å². The number of aromatic amines is 1. The molecule has 0 radical (unpaired) electrons. The molecule has 0 aliphatic carbocycles. The van der Waals surface area contributed by atoms with Crippen LogP contribution < -0.4 is 0 Å². The second-order valence-electron chi connectivity index (χ2n) is 5.39.